The third-order valence-corrected chi connectivity index (χ3v) is 4.05. The first-order valence-corrected chi connectivity index (χ1v) is 7.84. The van der Waals surface area contributed by atoms with Gasteiger partial charge in [-0.25, -0.2) is 23.7 Å². The fourth-order valence-electron chi connectivity index (χ4n) is 2.72. The molecule has 0 saturated carbocycles. The molecule has 0 atom stereocenters. The van der Waals surface area contributed by atoms with Crippen LogP contribution >= 0.6 is 11.6 Å². The highest BCUT2D eigenvalue weighted by molar-refractivity contribution is 6.30. The Hall–Kier alpha value is -2.86. The number of fused-ring (bicyclic) bond motifs is 1. The average molecular weight is 357 g/mol. The topological polar surface area (TPSA) is 43.6 Å². The molecule has 0 radical (unpaired) electrons. The Morgan fingerprint density at radius 2 is 1.80 bits per heavy atom. The molecule has 2 heterocycles. The predicted molar refractivity (Wildman–Crippen MR) is 91.8 cm³/mol. The molecule has 4 nitrogen and oxygen atoms in total. The molecular weight excluding hydrogens is 346 g/mol. The van der Waals surface area contributed by atoms with Gasteiger partial charge in [0, 0.05) is 28.9 Å². The molecule has 0 N–H and O–H groups in total. The van der Waals surface area contributed by atoms with Crippen LogP contribution in [0.1, 0.15) is 5.82 Å². The third kappa shape index (κ3) is 2.74. The number of imidazole rings is 1. The SMILES string of the molecule is Cc1nc2cc(F)c(F)cc2n1-c1ccnc(-c2cccc(Cl)c2)n1. The molecule has 0 amide bonds. The van der Waals surface area contributed by atoms with E-state index >= 15 is 0 Å². The Morgan fingerprint density at radius 1 is 1.00 bits per heavy atom. The van der Waals surface area contributed by atoms with Crippen LogP contribution in [0.25, 0.3) is 28.2 Å². The second-order valence-corrected chi connectivity index (χ2v) is 5.93. The zero-order valence-electron chi connectivity index (χ0n) is 13.0. The maximum Gasteiger partial charge on any atom is 0.161 e. The summed E-state index contributed by atoms with van der Waals surface area (Å²) < 4.78 is 28.8. The summed E-state index contributed by atoms with van der Waals surface area (Å²) in [5, 5.41) is 0.577. The van der Waals surface area contributed by atoms with Crippen LogP contribution in [0.4, 0.5) is 8.78 Å². The molecule has 124 valence electrons. The van der Waals surface area contributed by atoms with E-state index in [9.17, 15) is 8.78 Å². The van der Waals surface area contributed by atoms with E-state index in [1.807, 2.05) is 12.1 Å². The lowest BCUT2D eigenvalue weighted by Gasteiger charge is -2.08. The van der Waals surface area contributed by atoms with E-state index < -0.39 is 11.6 Å². The van der Waals surface area contributed by atoms with Gasteiger partial charge >= 0.3 is 0 Å². The van der Waals surface area contributed by atoms with Gasteiger partial charge in [0.2, 0.25) is 0 Å². The fraction of sp³-hybridized carbons (Fsp3) is 0.0556. The number of hydrogen-bond acceptors (Lipinski definition) is 3. The molecule has 2 aromatic carbocycles. The summed E-state index contributed by atoms with van der Waals surface area (Å²) >= 11 is 6.02. The van der Waals surface area contributed by atoms with Gasteiger partial charge < -0.3 is 0 Å². The first-order valence-electron chi connectivity index (χ1n) is 7.46. The van der Waals surface area contributed by atoms with E-state index in [1.165, 1.54) is 0 Å². The molecule has 0 aliphatic carbocycles. The Kier molecular flexibility index (Phi) is 3.69. The number of hydrogen-bond donors (Lipinski definition) is 0. The fourth-order valence-corrected chi connectivity index (χ4v) is 2.91. The first-order chi connectivity index (χ1) is 12.0. The summed E-state index contributed by atoms with van der Waals surface area (Å²) in [6.45, 7) is 1.75. The van der Waals surface area contributed by atoms with Crippen LogP contribution in [-0.2, 0) is 0 Å². The van der Waals surface area contributed by atoms with Crippen molar-refractivity contribution in [2.24, 2.45) is 0 Å². The normalized spacial score (nSPS) is 11.2. The van der Waals surface area contributed by atoms with Gasteiger partial charge in [-0.3, -0.25) is 4.57 Å². The molecule has 25 heavy (non-hydrogen) atoms. The average Bonchev–Trinajstić information content (AvgIpc) is 2.90. The molecule has 0 saturated heterocycles. The second-order valence-electron chi connectivity index (χ2n) is 5.50. The second kappa shape index (κ2) is 5.89. The van der Waals surface area contributed by atoms with E-state index in [4.69, 9.17) is 11.6 Å². The van der Waals surface area contributed by atoms with Crippen molar-refractivity contribution in [1.82, 2.24) is 19.5 Å². The molecule has 4 aromatic rings. The molecular formula is C18H11ClF2N4. The van der Waals surface area contributed by atoms with Gasteiger partial charge in [-0.05, 0) is 25.1 Å². The minimum absolute atomic E-state index is 0.360. The van der Waals surface area contributed by atoms with Crippen molar-refractivity contribution in [2.75, 3.05) is 0 Å². The molecule has 0 aliphatic heterocycles. The molecule has 0 fully saturated rings. The number of benzene rings is 2. The minimum atomic E-state index is -0.933. The number of rotatable bonds is 2. The van der Waals surface area contributed by atoms with Crippen LogP contribution in [0.3, 0.4) is 0 Å². The minimum Gasteiger partial charge on any atom is -0.280 e. The van der Waals surface area contributed by atoms with Crippen molar-refractivity contribution in [3.8, 4) is 17.2 Å². The molecule has 7 heteroatoms. The first kappa shape index (κ1) is 15.7. The zero-order valence-corrected chi connectivity index (χ0v) is 13.8. The number of halogens is 3. The summed E-state index contributed by atoms with van der Waals surface area (Å²) in [5.74, 6) is -0.312. The highest BCUT2D eigenvalue weighted by Gasteiger charge is 2.15. The lowest BCUT2D eigenvalue weighted by atomic mass is 10.2. The summed E-state index contributed by atoms with van der Waals surface area (Å²) in [7, 11) is 0. The molecule has 4 rings (SSSR count). The molecule has 0 spiro atoms. The summed E-state index contributed by atoms with van der Waals surface area (Å²) in [6, 6.07) is 11.1. The van der Waals surface area contributed by atoms with Crippen LogP contribution in [-0.4, -0.2) is 19.5 Å². The highest BCUT2D eigenvalue weighted by atomic mass is 35.5. The van der Waals surface area contributed by atoms with Crippen LogP contribution in [0.5, 0.6) is 0 Å². The lowest BCUT2D eigenvalue weighted by molar-refractivity contribution is 0.510. The largest absolute Gasteiger partial charge is 0.280 e. The van der Waals surface area contributed by atoms with Gasteiger partial charge in [0.15, 0.2) is 17.5 Å². The van der Waals surface area contributed by atoms with Crippen molar-refractivity contribution < 1.29 is 8.78 Å². The number of aryl methyl sites for hydroxylation is 1. The van der Waals surface area contributed by atoms with Crippen LogP contribution < -0.4 is 0 Å². The van der Waals surface area contributed by atoms with Crippen molar-refractivity contribution in [1.29, 1.82) is 0 Å². The Balaban J connectivity index is 1.91. The summed E-state index contributed by atoms with van der Waals surface area (Å²) in [4.78, 5) is 13.1. The Bertz CT molecular complexity index is 1110. The molecule has 0 unspecified atom stereocenters. The highest BCUT2D eigenvalue weighted by Crippen LogP contribution is 2.25. The van der Waals surface area contributed by atoms with Crippen molar-refractivity contribution in [3.05, 3.63) is 71.1 Å². The molecule has 0 aliphatic rings. The predicted octanol–water partition coefficient (Wildman–Crippen LogP) is 4.72. The van der Waals surface area contributed by atoms with E-state index in [0.29, 0.717) is 33.5 Å². The Morgan fingerprint density at radius 3 is 2.60 bits per heavy atom. The standard InChI is InChI=1S/C18H11ClF2N4/c1-10-23-15-8-13(20)14(21)9-16(15)25(10)17-5-6-22-18(24-17)11-3-2-4-12(19)7-11/h2-9H,1H3. The van der Waals surface area contributed by atoms with E-state index in [2.05, 4.69) is 15.0 Å². The van der Waals surface area contributed by atoms with E-state index in [0.717, 1.165) is 17.7 Å². The monoisotopic (exact) mass is 356 g/mol. The van der Waals surface area contributed by atoms with Crippen LogP contribution in [0.15, 0.2) is 48.7 Å². The van der Waals surface area contributed by atoms with E-state index in [1.54, 1.807) is 35.9 Å². The smallest absolute Gasteiger partial charge is 0.161 e. The third-order valence-electron chi connectivity index (χ3n) is 3.82. The van der Waals surface area contributed by atoms with Gasteiger partial charge in [-0.15, -0.1) is 0 Å². The maximum atomic E-state index is 13.7. The van der Waals surface area contributed by atoms with Crippen LogP contribution in [0, 0.1) is 18.6 Å². The summed E-state index contributed by atoms with van der Waals surface area (Å²) in [6.07, 6.45) is 1.60. The zero-order chi connectivity index (χ0) is 17.6. The molecule has 0 bridgehead atoms. The number of aromatic nitrogens is 4. The number of nitrogens with zero attached hydrogens (tertiary/aromatic N) is 4. The maximum absolute atomic E-state index is 13.7. The molecule has 2 aromatic heterocycles. The summed E-state index contributed by atoms with van der Waals surface area (Å²) in [5.41, 5.74) is 1.56. The van der Waals surface area contributed by atoms with Gasteiger partial charge in [0.25, 0.3) is 0 Å². The quantitative estimate of drug-likeness (QED) is 0.522. The van der Waals surface area contributed by atoms with Crippen molar-refractivity contribution in [2.45, 2.75) is 6.92 Å². The van der Waals surface area contributed by atoms with E-state index in [-0.39, 0.29) is 0 Å². The van der Waals surface area contributed by atoms with Crippen molar-refractivity contribution in [3.63, 3.8) is 0 Å². The Labute approximate surface area is 146 Å². The van der Waals surface area contributed by atoms with Crippen molar-refractivity contribution >= 4 is 22.6 Å². The van der Waals surface area contributed by atoms with Gasteiger partial charge in [-0.1, -0.05) is 23.7 Å². The van der Waals surface area contributed by atoms with Crippen LogP contribution in [0.2, 0.25) is 5.02 Å². The van der Waals surface area contributed by atoms with Gasteiger partial charge in [0.05, 0.1) is 11.0 Å². The van der Waals surface area contributed by atoms with Gasteiger partial charge in [-0.2, -0.15) is 0 Å². The van der Waals surface area contributed by atoms with Gasteiger partial charge in [0.1, 0.15) is 11.6 Å². The lowest BCUT2D eigenvalue weighted by Crippen LogP contribution is -2.02.